The van der Waals surface area contributed by atoms with E-state index < -0.39 is 0 Å². The van der Waals surface area contributed by atoms with Crippen LogP contribution in [0.2, 0.25) is 0 Å². The van der Waals surface area contributed by atoms with E-state index in [0.717, 1.165) is 12.5 Å². The lowest BCUT2D eigenvalue weighted by atomic mass is 9.91. The average molecular weight is 241 g/mol. The van der Waals surface area contributed by atoms with Gasteiger partial charge in [0.15, 0.2) is 0 Å². The third-order valence-electron chi connectivity index (χ3n) is 3.55. The van der Waals surface area contributed by atoms with Crippen molar-refractivity contribution in [3.05, 3.63) is 0 Å². The van der Waals surface area contributed by atoms with Crippen molar-refractivity contribution in [3.63, 3.8) is 0 Å². The number of hydrogen-bond acceptors (Lipinski definition) is 2. The standard InChI is InChI=1S/C13H27N3O/c1-10-8-13(2,3)9-11(10)14-6-7-15-12(17)16(4)5/h10-11,14H,6-9H2,1-5H3,(H,15,17). The molecule has 2 N–H and O–H groups in total. The summed E-state index contributed by atoms with van der Waals surface area (Å²) < 4.78 is 0. The molecule has 1 aliphatic carbocycles. The molecule has 1 aliphatic rings. The van der Waals surface area contributed by atoms with Gasteiger partial charge in [0, 0.05) is 33.2 Å². The zero-order valence-corrected chi connectivity index (χ0v) is 11.8. The fourth-order valence-electron chi connectivity index (χ4n) is 2.75. The van der Waals surface area contributed by atoms with Crippen molar-refractivity contribution in [1.29, 1.82) is 0 Å². The van der Waals surface area contributed by atoms with Crippen LogP contribution >= 0.6 is 0 Å². The van der Waals surface area contributed by atoms with E-state index in [2.05, 4.69) is 31.4 Å². The maximum atomic E-state index is 11.3. The minimum absolute atomic E-state index is 0.0217. The van der Waals surface area contributed by atoms with Crippen LogP contribution in [0.5, 0.6) is 0 Å². The molecule has 0 saturated heterocycles. The van der Waals surface area contributed by atoms with Crippen LogP contribution in [0, 0.1) is 11.3 Å². The number of rotatable bonds is 4. The van der Waals surface area contributed by atoms with Crippen LogP contribution < -0.4 is 10.6 Å². The van der Waals surface area contributed by atoms with Gasteiger partial charge in [-0.2, -0.15) is 0 Å². The van der Waals surface area contributed by atoms with Gasteiger partial charge in [-0.3, -0.25) is 0 Å². The summed E-state index contributed by atoms with van der Waals surface area (Å²) in [7, 11) is 3.51. The summed E-state index contributed by atoms with van der Waals surface area (Å²) in [5.74, 6) is 0.731. The second kappa shape index (κ2) is 5.71. The molecule has 1 saturated carbocycles. The van der Waals surface area contributed by atoms with Crippen LogP contribution in [-0.2, 0) is 0 Å². The number of nitrogens with zero attached hydrogens (tertiary/aromatic N) is 1. The monoisotopic (exact) mass is 241 g/mol. The molecular formula is C13H27N3O. The number of nitrogens with one attached hydrogen (secondary N) is 2. The zero-order valence-electron chi connectivity index (χ0n) is 11.8. The lowest BCUT2D eigenvalue weighted by molar-refractivity contribution is 0.217. The minimum atomic E-state index is -0.0217. The van der Waals surface area contributed by atoms with Crippen LogP contribution in [-0.4, -0.2) is 44.2 Å². The van der Waals surface area contributed by atoms with Gasteiger partial charge in [-0.1, -0.05) is 20.8 Å². The summed E-state index contributed by atoms with van der Waals surface area (Å²) in [6, 6.07) is 0.577. The lowest BCUT2D eigenvalue weighted by Gasteiger charge is -2.19. The Labute approximate surface area is 105 Å². The Balaban J connectivity index is 2.17. The van der Waals surface area contributed by atoms with Gasteiger partial charge in [0.2, 0.25) is 0 Å². The molecule has 1 fully saturated rings. The molecule has 1 rings (SSSR count). The van der Waals surface area contributed by atoms with Crippen molar-refractivity contribution < 1.29 is 4.79 Å². The molecule has 100 valence electrons. The van der Waals surface area contributed by atoms with Crippen molar-refractivity contribution in [2.75, 3.05) is 27.2 Å². The molecule has 2 amide bonds. The summed E-state index contributed by atoms with van der Waals surface area (Å²) in [6.45, 7) is 8.52. The molecule has 0 aromatic heterocycles. The Kier molecular flexibility index (Phi) is 4.80. The Morgan fingerprint density at radius 2 is 1.94 bits per heavy atom. The smallest absolute Gasteiger partial charge is 0.316 e. The quantitative estimate of drug-likeness (QED) is 0.735. The Hall–Kier alpha value is -0.770. The molecule has 4 nitrogen and oxygen atoms in total. The number of hydrogen-bond donors (Lipinski definition) is 2. The number of urea groups is 1. The van der Waals surface area contributed by atoms with Gasteiger partial charge in [-0.05, 0) is 24.2 Å². The summed E-state index contributed by atoms with van der Waals surface area (Å²) in [5, 5.41) is 6.41. The first-order chi connectivity index (χ1) is 7.82. The van der Waals surface area contributed by atoms with Gasteiger partial charge >= 0.3 is 6.03 Å². The molecule has 17 heavy (non-hydrogen) atoms. The van der Waals surface area contributed by atoms with Crippen molar-refractivity contribution in [1.82, 2.24) is 15.5 Å². The molecule has 0 radical (unpaired) electrons. The largest absolute Gasteiger partial charge is 0.337 e. The van der Waals surface area contributed by atoms with E-state index in [9.17, 15) is 4.79 Å². The predicted octanol–water partition coefficient (Wildman–Crippen LogP) is 1.67. The van der Waals surface area contributed by atoms with Crippen molar-refractivity contribution >= 4 is 6.03 Å². The van der Waals surface area contributed by atoms with Gasteiger partial charge in [-0.15, -0.1) is 0 Å². The van der Waals surface area contributed by atoms with Crippen molar-refractivity contribution in [2.24, 2.45) is 11.3 Å². The summed E-state index contributed by atoms with van der Waals surface area (Å²) in [6.07, 6.45) is 2.52. The van der Waals surface area contributed by atoms with E-state index in [-0.39, 0.29) is 6.03 Å². The third-order valence-corrected chi connectivity index (χ3v) is 3.55. The Morgan fingerprint density at radius 3 is 2.41 bits per heavy atom. The first kappa shape index (κ1) is 14.3. The second-order valence-electron chi connectivity index (χ2n) is 6.24. The highest BCUT2D eigenvalue weighted by Crippen LogP contribution is 2.40. The van der Waals surface area contributed by atoms with E-state index in [4.69, 9.17) is 0 Å². The van der Waals surface area contributed by atoms with E-state index in [1.54, 1.807) is 19.0 Å². The maximum absolute atomic E-state index is 11.3. The molecule has 0 bridgehead atoms. The third kappa shape index (κ3) is 4.54. The van der Waals surface area contributed by atoms with Crippen molar-refractivity contribution in [3.8, 4) is 0 Å². The first-order valence-electron chi connectivity index (χ1n) is 6.50. The van der Waals surface area contributed by atoms with Gasteiger partial charge in [0.1, 0.15) is 0 Å². The summed E-state index contributed by atoms with van der Waals surface area (Å²) >= 11 is 0. The molecule has 0 heterocycles. The Morgan fingerprint density at radius 1 is 1.29 bits per heavy atom. The Bertz CT molecular complexity index is 263. The predicted molar refractivity (Wildman–Crippen MR) is 71.1 cm³/mol. The molecule has 0 aliphatic heterocycles. The number of carbonyl (C=O) groups is 1. The molecular weight excluding hydrogens is 214 g/mol. The fraction of sp³-hybridized carbons (Fsp3) is 0.923. The highest BCUT2D eigenvalue weighted by molar-refractivity contribution is 5.73. The van der Waals surface area contributed by atoms with Gasteiger partial charge < -0.3 is 15.5 Å². The molecule has 2 atom stereocenters. The molecule has 4 heteroatoms. The minimum Gasteiger partial charge on any atom is -0.337 e. The normalized spacial score (nSPS) is 26.9. The first-order valence-corrected chi connectivity index (χ1v) is 6.50. The van der Waals surface area contributed by atoms with Crippen LogP contribution in [0.3, 0.4) is 0 Å². The van der Waals surface area contributed by atoms with E-state index in [1.807, 2.05) is 0 Å². The SMILES string of the molecule is CC1CC(C)(C)CC1NCCNC(=O)N(C)C. The van der Waals surface area contributed by atoms with Gasteiger partial charge in [0.05, 0.1) is 0 Å². The van der Waals surface area contributed by atoms with Gasteiger partial charge in [0.25, 0.3) is 0 Å². The lowest BCUT2D eigenvalue weighted by Crippen LogP contribution is -2.41. The summed E-state index contributed by atoms with van der Waals surface area (Å²) in [4.78, 5) is 12.9. The second-order valence-corrected chi connectivity index (χ2v) is 6.24. The highest BCUT2D eigenvalue weighted by Gasteiger charge is 2.35. The van der Waals surface area contributed by atoms with E-state index in [0.29, 0.717) is 18.0 Å². The van der Waals surface area contributed by atoms with E-state index in [1.165, 1.54) is 12.8 Å². The average Bonchev–Trinajstić information content (AvgIpc) is 2.46. The van der Waals surface area contributed by atoms with Crippen LogP contribution in [0.1, 0.15) is 33.6 Å². The fourth-order valence-corrected chi connectivity index (χ4v) is 2.75. The van der Waals surface area contributed by atoms with E-state index >= 15 is 0 Å². The van der Waals surface area contributed by atoms with Crippen molar-refractivity contribution in [2.45, 2.75) is 39.7 Å². The number of carbonyl (C=O) groups excluding carboxylic acids is 1. The maximum Gasteiger partial charge on any atom is 0.316 e. The molecule has 0 aromatic rings. The molecule has 2 unspecified atom stereocenters. The highest BCUT2D eigenvalue weighted by atomic mass is 16.2. The number of amides is 2. The molecule has 0 aromatic carbocycles. The zero-order chi connectivity index (χ0) is 13.1. The molecule has 0 spiro atoms. The van der Waals surface area contributed by atoms with Gasteiger partial charge in [-0.25, -0.2) is 4.79 Å². The van der Waals surface area contributed by atoms with Crippen LogP contribution in [0.4, 0.5) is 4.79 Å². The topological polar surface area (TPSA) is 44.4 Å². The summed E-state index contributed by atoms with van der Waals surface area (Å²) in [5.41, 5.74) is 0.462. The van der Waals surface area contributed by atoms with Crippen LogP contribution in [0.25, 0.3) is 0 Å². The van der Waals surface area contributed by atoms with Crippen LogP contribution in [0.15, 0.2) is 0 Å².